The molecule has 0 spiro atoms. The predicted octanol–water partition coefficient (Wildman–Crippen LogP) is 4.69. The minimum absolute atomic E-state index is 0.0489. The second kappa shape index (κ2) is 13.2. The third kappa shape index (κ3) is 8.12. The molecule has 0 saturated heterocycles. The first-order valence-electron chi connectivity index (χ1n) is 7.57. The zero-order valence-electron chi connectivity index (χ0n) is 14.4. The van der Waals surface area contributed by atoms with Gasteiger partial charge in [-0.2, -0.15) is 0 Å². The second-order valence-corrected chi connectivity index (χ2v) is 3.77. The number of nitrogens with one attached hydrogen (secondary N) is 1. The molecular weight excluding hydrogens is 266 g/mol. The summed E-state index contributed by atoms with van der Waals surface area (Å²) in [6.07, 6.45) is 1.27. The minimum Gasteiger partial charge on any atom is -0.496 e. The van der Waals surface area contributed by atoms with Gasteiger partial charge in [-0.05, 0) is 31.5 Å². The third-order valence-electron chi connectivity index (χ3n) is 2.34. The standard InChI is InChI=1S/C13H17NO3.2C2H6/c1-4-5-13(16)14-10-6-7-12(17-3)11(8-10)9(2)15;2*1-2/h6-8H,4-5H2,1-3H3,(H,14,16);2*1-2H3. The van der Waals surface area contributed by atoms with Gasteiger partial charge in [-0.3, -0.25) is 9.59 Å². The highest BCUT2D eigenvalue weighted by molar-refractivity contribution is 5.99. The number of carbonyl (C=O) groups excluding carboxylic acids is 2. The number of rotatable bonds is 5. The summed E-state index contributed by atoms with van der Waals surface area (Å²) in [6, 6.07) is 5.03. The van der Waals surface area contributed by atoms with Crippen LogP contribution in [0.4, 0.5) is 5.69 Å². The van der Waals surface area contributed by atoms with Crippen molar-refractivity contribution in [1.29, 1.82) is 0 Å². The van der Waals surface area contributed by atoms with Crippen molar-refractivity contribution < 1.29 is 14.3 Å². The smallest absolute Gasteiger partial charge is 0.224 e. The van der Waals surface area contributed by atoms with E-state index in [4.69, 9.17) is 4.74 Å². The summed E-state index contributed by atoms with van der Waals surface area (Å²) in [5.74, 6) is 0.381. The fourth-order valence-electron chi connectivity index (χ4n) is 1.51. The SMILES string of the molecule is CC.CC.CCCC(=O)Nc1ccc(OC)c(C(C)=O)c1. The lowest BCUT2D eigenvalue weighted by Crippen LogP contribution is -2.11. The molecule has 1 amide bonds. The molecule has 0 heterocycles. The van der Waals surface area contributed by atoms with E-state index in [0.717, 1.165) is 6.42 Å². The molecule has 0 aliphatic carbocycles. The lowest BCUT2D eigenvalue weighted by atomic mass is 10.1. The van der Waals surface area contributed by atoms with E-state index in [1.165, 1.54) is 14.0 Å². The van der Waals surface area contributed by atoms with E-state index in [2.05, 4.69) is 5.32 Å². The van der Waals surface area contributed by atoms with Crippen molar-refractivity contribution in [2.75, 3.05) is 12.4 Å². The van der Waals surface area contributed by atoms with Crippen LogP contribution >= 0.6 is 0 Å². The van der Waals surface area contributed by atoms with Crippen LogP contribution in [-0.2, 0) is 4.79 Å². The quantitative estimate of drug-likeness (QED) is 0.802. The molecule has 1 aromatic rings. The van der Waals surface area contributed by atoms with Crippen molar-refractivity contribution in [2.24, 2.45) is 0 Å². The van der Waals surface area contributed by atoms with Gasteiger partial charge in [0.05, 0.1) is 12.7 Å². The summed E-state index contributed by atoms with van der Waals surface area (Å²) in [4.78, 5) is 22.8. The molecule has 0 aliphatic heterocycles. The first-order valence-corrected chi connectivity index (χ1v) is 7.57. The Morgan fingerprint density at radius 3 is 2.14 bits per heavy atom. The van der Waals surface area contributed by atoms with Gasteiger partial charge in [0.15, 0.2) is 5.78 Å². The highest BCUT2D eigenvalue weighted by Gasteiger charge is 2.10. The van der Waals surface area contributed by atoms with Crippen LogP contribution in [0, 0.1) is 0 Å². The topological polar surface area (TPSA) is 55.4 Å². The second-order valence-electron chi connectivity index (χ2n) is 3.77. The minimum atomic E-state index is -0.0894. The molecule has 0 aliphatic rings. The molecule has 0 fully saturated rings. The molecule has 0 radical (unpaired) electrons. The van der Waals surface area contributed by atoms with Gasteiger partial charge in [-0.15, -0.1) is 0 Å². The van der Waals surface area contributed by atoms with E-state index >= 15 is 0 Å². The molecule has 21 heavy (non-hydrogen) atoms. The summed E-state index contributed by atoms with van der Waals surface area (Å²) in [7, 11) is 1.51. The van der Waals surface area contributed by atoms with Gasteiger partial charge in [-0.1, -0.05) is 34.6 Å². The van der Waals surface area contributed by atoms with Crippen LogP contribution in [0.2, 0.25) is 0 Å². The molecule has 0 atom stereocenters. The Labute approximate surface area is 128 Å². The predicted molar refractivity (Wildman–Crippen MR) is 89.2 cm³/mol. The number of ether oxygens (including phenoxy) is 1. The molecule has 4 nitrogen and oxygen atoms in total. The average Bonchev–Trinajstić information content (AvgIpc) is 2.51. The highest BCUT2D eigenvalue weighted by atomic mass is 16.5. The van der Waals surface area contributed by atoms with E-state index in [0.29, 0.717) is 23.4 Å². The van der Waals surface area contributed by atoms with Crippen LogP contribution in [0.25, 0.3) is 0 Å². The lowest BCUT2D eigenvalue weighted by molar-refractivity contribution is -0.116. The summed E-state index contributed by atoms with van der Waals surface area (Å²) in [5, 5.41) is 2.74. The van der Waals surface area contributed by atoms with E-state index < -0.39 is 0 Å². The number of amides is 1. The van der Waals surface area contributed by atoms with Gasteiger partial charge < -0.3 is 10.1 Å². The Balaban J connectivity index is 0. The van der Waals surface area contributed by atoms with Crippen LogP contribution < -0.4 is 10.1 Å². The number of benzene rings is 1. The fraction of sp³-hybridized carbons (Fsp3) is 0.529. The van der Waals surface area contributed by atoms with Crippen molar-refractivity contribution in [1.82, 2.24) is 0 Å². The van der Waals surface area contributed by atoms with Crippen molar-refractivity contribution >= 4 is 17.4 Å². The number of anilines is 1. The molecule has 0 saturated carbocycles. The molecule has 4 heteroatoms. The van der Waals surface area contributed by atoms with Gasteiger partial charge >= 0.3 is 0 Å². The number of carbonyl (C=O) groups is 2. The van der Waals surface area contributed by atoms with E-state index in [-0.39, 0.29) is 11.7 Å². The average molecular weight is 295 g/mol. The van der Waals surface area contributed by atoms with Crippen molar-refractivity contribution in [3.63, 3.8) is 0 Å². The lowest BCUT2D eigenvalue weighted by Gasteiger charge is -2.09. The van der Waals surface area contributed by atoms with E-state index in [1.807, 2.05) is 34.6 Å². The van der Waals surface area contributed by atoms with Gasteiger partial charge in [-0.25, -0.2) is 0 Å². The maximum Gasteiger partial charge on any atom is 0.224 e. The monoisotopic (exact) mass is 295 g/mol. The van der Waals surface area contributed by atoms with Crippen LogP contribution in [0.3, 0.4) is 0 Å². The van der Waals surface area contributed by atoms with Crippen molar-refractivity contribution in [2.45, 2.75) is 54.4 Å². The Morgan fingerprint density at radius 1 is 1.14 bits per heavy atom. The van der Waals surface area contributed by atoms with Crippen LogP contribution in [0.15, 0.2) is 18.2 Å². The number of ketones is 1. The number of hydrogen-bond acceptors (Lipinski definition) is 3. The Kier molecular flexibility index (Phi) is 13.4. The number of methoxy groups -OCH3 is 1. The highest BCUT2D eigenvalue weighted by Crippen LogP contribution is 2.23. The Hall–Kier alpha value is -1.84. The summed E-state index contributed by atoms with van der Waals surface area (Å²) < 4.78 is 5.08. The summed E-state index contributed by atoms with van der Waals surface area (Å²) in [5.41, 5.74) is 1.09. The van der Waals surface area contributed by atoms with Crippen molar-refractivity contribution in [3.8, 4) is 5.75 Å². The van der Waals surface area contributed by atoms with Crippen LogP contribution in [0.1, 0.15) is 64.7 Å². The maximum atomic E-state index is 11.4. The van der Waals surface area contributed by atoms with Gasteiger partial charge in [0.25, 0.3) is 0 Å². The van der Waals surface area contributed by atoms with Gasteiger partial charge in [0.2, 0.25) is 5.91 Å². The van der Waals surface area contributed by atoms with Gasteiger partial charge in [0, 0.05) is 12.1 Å². The molecule has 0 bridgehead atoms. The zero-order valence-corrected chi connectivity index (χ0v) is 14.4. The number of hydrogen-bond donors (Lipinski definition) is 1. The van der Waals surface area contributed by atoms with E-state index in [1.54, 1.807) is 18.2 Å². The zero-order chi connectivity index (χ0) is 16.8. The molecule has 0 aromatic heterocycles. The van der Waals surface area contributed by atoms with E-state index in [9.17, 15) is 9.59 Å². The number of Topliss-reactive ketones (excluding diaryl/α,β-unsaturated/α-hetero) is 1. The molecule has 0 unspecified atom stereocenters. The van der Waals surface area contributed by atoms with Crippen LogP contribution in [0.5, 0.6) is 5.75 Å². The van der Waals surface area contributed by atoms with Crippen LogP contribution in [-0.4, -0.2) is 18.8 Å². The van der Waals surface area contributed by atoms with Crippen molar-refractivity contribution in [3.05, 3.63) is 23.8 Å². The molecule has 1 N–H and O–H groups in total. The maximum absolute atomic E-state index is 11.4. The molecule has 1 aromatic carbocycles. The Bertz CT molecular complexity index is 428. The first kappa shape index (κ1) is 21.5. The molecule has 120 valence electrons. The summed E-state index contributed by atoms with van der Waals surface area (Å²) in [6.45, 7) is 11.4. The largest absolute Gasteiger partial charge is 0.496 e. The first-order chi connectivity index (χ1) is 10.1. The van der Waals surface area contributed by atoms with Gasteiger partial charge in [0.1, 0.15) is 5.75 Å². The fourth-order valence-corrected chi connectivity index (χ4v) is 1.51. The molecular formula is C17H29NO3. The normalized spacial score (nSPS) is 8.52. The third-order valence-corrected chi connectivity index (χ3v) is 2.34. The molecule has 1 rings (SSSR count). The summed E-state index contributed by atoms with van der Waals surface area (Å²) >= 11 is 0. The Morgan fingerprint density at radius 2 is 1.71 bits per heavy atom.